The highest BCUT2D eigenvalue weighted by Crippen LogP contribution is 2.36. The molecular weight excluding hydrogens is 334 g/mol. The topological polar surface area (TPSA) is 37.4 Å². The van der Waals surface area contributed by atoms with Gasteiger partial charge in [-0.1, -0.05) is 18.5 Å². The molecule has 0 aliphatic carbocycles. The molecule has 0 aliphatic rings. The van der Waals surface area contributed by atoms with Gasteiger partial charge in [0.1, 0.15) is 4.21 Å². The van der Waals surface area contributed by atoms with Gasteiger partial charge in [0.15, 0.2) is 0 Å². The van der Waals surface area contributed by atoms with Crippen molar-refractivity contribution >= 4 is 48.9 Å². The number of hydrogen-bond acceptors (Lipinski definition) is 3. The second-order valence-electron chi connectivity index (χ2n) is 3.47. The normalized spacial score (nSPS) is 14.4. The standard InChI is InChI=1S/C9H13BrClNO2S2/c1-4-6(2)12(3)16(13,14)8-5-7(11)9(10)15-8/h5-6H,4H2,1-3H3. The van der Waals surface area contributed by atoms with Crippen LogP contribution in [0.15, 0.2) is 14.1 Å². The van der Waals surface area contributed by atoms with E-state index in [9.17, 15) is 8.42 Å². The van der Waals surface area contributed by atoms with Gasteiger partial charge in [0.25, 0.3) is 10.0 Å². The van der Waals surface area contributed by atoms with Crippen LogP contribution in [0.25, 0.3) is 0 Å². The predicted octanol–water partition coefficient (Wildman–Crippen LogP) is 3.58. The lowest BCUT2D eigenvalue weighted by Gasteiger charge is -2.22. The smallest absolute Gasteiger partial charge is 0.206 e. The highest BCUT2D eigenvalue weighted by atomic mass is 79.9. The van der Waals surface area contributed by atoms with Gasteiger partial charge in [0.05, 0.1) is 8.81 Å². The first kappa shape index (κ1) is 14.4. The number of thiophene rings is 1. The van der Waals surface area contributed by atoms with Gasteiger partial charge in [0.2, 0.25) is 0 Å². The van der Waals surface area contributed by atoms with Crippen molar-refractivity contribution in [3.8, 4) is 0 Å². The van der Waals surface area contributed by atoms with Crippen LogP contribution in [0.1, 0.15) is 20.3 Å². The Kier molecular flexibility index (Phi) is 4.83. The summed E-state index contributed by atoms with van der Waals surface area (Å²) in [5, 5.41) is 0.432. The summed E-state index contributed by atoms with van der Waals surface area (Å²) in [4.78, 5) is 0. The van der Waals surface area contributed by atoms with Crippen LogP contribution in [0.5, 0.6) is 0 Å². The molecule has 0 spiro atoms. The van der Waals surface area contributed by atoms with Crippen LogP contribution >= 0.6 is 38.9 Å². The summed E-state index contributed by atoms with van der Waals surface area (Å²) in [5.41, 5.74) is 0. The SMILES string of the molecule is CCC(C)N(C)S(=O)(=O)c1cc(Cl)c(Br)s1. The Morgan fingerprint density at radius 3 is 2.56 bits per heavy atom. The maximum Gasteiger partial charge on any atom is 0.252 e. The molecule has 7 heteroatoms. The summed E-state index contributed by atoms with van der Waals surface area (Å²) in [5.74, 6) is 0. The third kappa shape index (κ3) is 2.79. The fourth-order valence-electron chi connectivity index (χ4n) is 1.09. The molecule has 16 heavy (non-hydrogen) atoms. The van der Waals surface area contributed by atoms with E-state index < -0.39 is 10.0 Å². The van der Waals surface area contributed by atoms with Crippen molar-refractivity contribution in [2.45, 2.75) is 30.5 Å². The van der Waals surface area contributed by atoms with Crippen molar-refractivity contribution in [2.75, 3.05) is 7.05 Å². The van der Waals surface area contributed by atoms with E-state index in [0.29, 0.717) is 8.81 Å². The Labute approximate surface area is 114 Å². The number of halogens is 2. The average Bonchev–Trinajstić information content (AvgIpc) is 2.57. The average molecular weight is 347 g/mol. The van der Waals surface area contributed by atoms with Gasteiger partial charge >= 0.3 is 0 Å². The Hall–Kier alpha value is 0.380. The molecule has 1 unspecified atom stereocenters. The molecule has 92 valence electrons. The van der Waals surface area contributed by atoms with Crippen LogP contribution in [0.2, 0.25) is 5.02 Å². The molecule has 0 aliphatic heterocycles. The van der Waals surface area contributed by atoms with Gasteiger partial charge < -0.3 is 0 Å². The molecule has 0 radical (unpaired) electrons. The van der Waals surface area contributed by atoms with Crippen LogP contribution in [-0.2, 0) is 10.0 Å². The van der Waals surface area contributed by atoms with Crippen molar-refractivity contribution in [2.24, 2.45) is 0 Å². The summed E-state index contributed by atoms with van der Waals surface area (Å²) < 4.78 is 26.6. The van der Waals surface area contributed by atoms with E-state index in [2.05, 4.69) is 15.9 Å². The summed E-state index contributed by atoms with van der Waals surface area (Å²) >= 11 is 10.2. The van der Waals surface area contributed by atoms with Crippen LogP contribution in [0.4, 0.5) is 0 Å². The van der Waals surface area contributed by atoms with Gasteiger partial charge in [-0.2, -0.15) is 4.31 Å². The molecule has 0 bridgehead atoms. The summed E-state index contributed by atoms with van der Waals surface area (Å²) in [6.45, 7) is 3.83. The van der Waals surface area contributed by atoms with Gasteiger partial charge in [-0.3, -0.25) is 0 Å². The summed E-state index contributed by atoms with van der Waals surface area (Å²) in [6.07, 6.45) is 0.774. The van der Waals surface area contributed by atoms with Crippen molar-refractivity contribution in [1.82, 2.24) is 4.31 Å². The molecule has 1 rings (SSSR count). The van der Waals surface area contributed by atoms with Crippen LogP contribution < -0.4 is 0 Å². The Morgan fingerprint density at radius 2 is 2.19 bits per heavy atom. The van der Waals surface area contributed by atoms with Crippen molar-refractivity contribution in [1.29, 1.82) is 0 Å². The molecular formula is C9H13BrClNO2S2. The lowest BCUT2D eigenvalue weighted by molar-refractivity contribution is 0.381. The second-order valence-corrected chi connectivity index (χ2v) is 8.47. The van der Waals surface area contributed by atoms with E-state index in [0.717, 1.165) is 17.8 Å². The lowest BCUT2D eigenvalue weighted by Crippen LogP contribution is -2.34. The monoisotopic (exact) mass is 345 g/mol. The molecule has 0 saturated carbocycles. The molecule has 0 aromatic carbocycles. The van der Waals surface area contributed by atoms with E-state index >= 15 is 0 Å². The molecule has 1 atom stereocenters. The zero-order chi connectivity index (χ0) is 12.5. The number of hydrogen-bond donors (Lipinski definition) is 0. The van der Waals surface area contributed by atoms with Crippen molar-refractivity contribution in [3.05, 3.63) is 14.9 Å². The number of nitrogens with zero attached hydrogens (tertiary/aromatic N) is 1. The van der Waals surface area contributed by atoms with E-state index in [1.807, 2.05) is 13.8 Å². The van der Waals surface area contributed by atoms with Crippen LogP contribution in [0, 0.1) is 0 Å². The van der Waals surface area contributed by atoms with Crippen LogP contribution in [-0.4, -0.2) is 25.8 Å². The van der Waals surface area contributed by atoms with E-state index in [4.69, 9.17) is 11.6 Å². The minimum atomic E-state index is -3.41. The maximum absolute atomic E-state index is 12.2. The molecule has 0 fully saturated rings. The van der Waals surface area contributed by atoms with Gasteiger partial charge in [0, 0.05) is 13.1 Å². The Bertz CT molecular complexity index is 452. The minimum Gasteiger partial charge on any atom is -0.206 e. The quantitative estimate of drug-likeness (QED) is 0.835. The first-order chi connectivity index (χ1) is 7.30. The fourth-order valence-corrected chi connectivity index (χ4v) is 5.11. The van der Waals surface area contributed by atoms with Gasteiger partial charge in [-0.05, 0) is 35.3 Å². The van der Waals surface area contributed by atoms with Gasteiger partial charge in [-0.15, -0.1) is 11.3 Å². The van der Waals surface area contributed by atoms with E-state index in [1.54, 1.807) is 7.05 Å². The molecule has 3 nitrogen and oxygen atoms in total. The first-order valence-corrected chi connectivity index (χ1v) is 8.16. The van der Waals surface area contributed by atoms with Gasteiger partial charge in [-0.25, -0.2) is 8.42 Å². The third-order valence-corrected chi connectivity index (χ3v) is 7.36. The predicted molar refractivity (Wildman–Crippen MR) is 71.7 cm³/mol. The maximum atomic E-state index is 12.2. The molecule has 0 saturated heterocycles. The number of rotatable bonds is 4. The highest BCUT2D eigenvalue weighted by molar-refractivity contribution is 9.11. The van der Waals surface area contributed by atoms with Crippen molar-refractivity contribution < 1.29 is 8.42 Å². The van der Waals surface area contributed by atoms with E-state index in [-0.39, 0.29) is 10.3 Å². The Morgan fingerprint density at radius 1 is 1.62 bits per heavy atom. The van der Waals surface area contributed by atoms with E-state index in [1.165, 1.54) is 10.4 Å². The largest absolute Gasteiger partial charge is 0.252 e. The Balaban J connectivity index is 3.11. The fraction of sp³-hybridized carbons (Fsp3) is 0.556. The minimum absolute atomic E-state index is 0.0235. The zero-order valence-corrected chi connectivity index (χ0v) is 13.2. The van der Waals surface area contributed by atoms with Crippen LogP contribution in [0.3, 0.4) is 0 Å². The molecule has 1 aromatic heterocycles. The molecule has 0 amide bonds. The number of sulfonamides is 1. The molecule has 1 aromatic rings. The summed E-state index contributed by atoms with van der Waals surface area (Å²) in [7, 11) is -1.83. The second kappa shape index (κ2) is 5.35. The molecule has 0 N–H and O–H groups in total. The molecule has 1 heterocycles. The first-order valence-electron chi connectivity index (χ1n) is 4.73. The lowest BCUT2D eigenvalue weighted by atomic mass is 10.3. The highest BCUT2D eigenvalue weighted by Gasteiger charge is 2.26. The van der Waals surface area contributed by atoms with Crippen molar-refractivity contribution in [3.63, 3.8) is 0 Å². The summed E-state index contributed by atoms with van der Waals surface area (Å²) in [6, 6.07) is 1.45. The zero-order valence-electron chi connectivity index (χ0n) is 9.20. The third-order valence-electron chi connectivity index (χ3n) is 2.47.